The fourth-order valence-electron chi connectivity index (χ4n) is 2.65. The molecule has 0 aliphatic carbocycles. The highest BCUT2D eigenvalue weighted by Crippen LogP contribution is 2.32. The number of nitrogens with zero attached hydrogens (tertiary/aromatic N) is 1. The lowest BCUT2D eigenvalue weighted by Gasteiger charge is -2.31. The molecule has 1 aliphatic rings. The van der Waals surface area contributed by atoms with Gasteiger partial charge >= 0.3 is 0 Å². The Kier molecular flexibility index (Phi) is 3.51. The minimum atomic E-state index is 0.169. The van der Waals surface area contributed by atoms with Crippen LogP contribution in [0.5, 0.6) is 0 Å². The Balaban J connectivity index is 2.44. The van der Waals surface area contributed by atoms with Crippen molar-refractivity contribution in [2.75, 3.05) is 11.4 Å². The van der Waals surface area contributed by atoms with E-state index in [4.69, 9.17) is 0 Å². The summed E-state index contributed by atoms with van der Waals surface area (Å²) in [4.78, 5) is 13.7. The number of benzene rings is 1. The van der Waals surface area contributed by atoms with Gasteiger partial charge in [0.05, 0.1) is 0 Å². The summed E-state index contributed by atoms with van der Waals surface area (Å²) in [6.45, 7) is 6.99. The van der Waals surface area contributed by atoms with Gasteiger partial charge in [-0.05, 0) is 36.3 Å². The van der Waals surface area contributed by atoms with Gasteiger partial charge in [-0.25, -0.2) is 0 Å². The van der Waals surface area contributed by atoms with Crippen LogP contribution in [0.15, 0.2) is 18.2 Å². The van der Waals surface area contributed by atoms with Crippen LogP contribution in [0.1, 0.15) is 38.3 Å². The molecule has 92 valence electrons. The van der Waals surface area contributed by atoms with Crippen molar-refractivity contribution in [1.82, 2.24) is 0 Å². The number of carbonyl (C=O) groups is 1. The molecule has 0 radical (unpaired) electrons. The highest BCUT2D eigenvalue weighted by atomic mass is 16.2. The zero-order chi connectivity index (χ0) is 12.4. The Morgan fingerprint density at radius 1 is 1.41 bits per heavy atom. The molecule has 1 aromatic rings. The lowest BCUT2D eigenvalue weighted by Crippen LogP contribution is -2.34. The SMILES string of the molecule is CC(=O)N1CCCc2cccc(CC(C)C)c21. The Morgan fingerprint density at radius 3 is 2.82 bits per heavy atom. The van der Waals surface area contributed by atoms with Crippen LogP contribution in [-0.2, 0) is 17.6 Å². The summed E-state index contributed by atoms with van der Waals surface area (Å²) < 4.78 is 0. The number of anilines is 1. The van der Waals surface area contributed by atoms with E-state index in [-0.39, 0.29) is 5.91 Å². The van der Waals surface area contributed by atoms with Crippen molar-refractivity contribution in [1.29, 1.82) is 0 Å². The van der Waals surface area contributed by atoms with Crippen molar-refractivity contribution < 1.29 is 4.79 Å². The third kappa shape index (κ3) is 2.51. The van der Waals surface area contributed by atoms with Crippen LogP contribution in [0.25, 0.3) is 0 Å². The number of hydrogen-bond donors (Lipinski definition) is 0. The second-order valence-corrected chi connectivity index (χ2v) is 5.30. The Hall–Kier alpha value is -1.31. The number of amides is 1. The molecule has 0 saturated carbocycles. The molecule has 1 aromatic carbocycles. The fraction of sp³-hybridized carbons (Fsp3) is 0.533. The minimum absolute atomic E-state index is 0.169. The van der Waals surface area contributed by atoms with Crippen molar-refractivity contribution in [3.8, 4) is 0 Å². The monoisotopic (exact) mass is 231 g/mol. The maximum atomic E-state index is 11.7. The standard InChI is InChI=1S/C15H21NO/c1-11(2)10-14-7-4-6-13-8-5-9-16(12(3)17)15(13)14/h4,6-7,11H,5,8-10H2,1-3H3. The van der Waals surface area contributed by atoms with E-state index in [1.54, 1.807) is 6.92 Å². The van der Waals surface area contributed by atoms with Crippen molar-refractivity contribution in [3.05, 3.63) is 29.3 Å². The Morgan fingerprint density at radius 2 is 2.18 bits per heavy atom. The first-order valence-corrected chi connectivity index (χ1v) is 6.48. The molecule has 0 atom stereocenters. The van der Waals surface area contributed by atoms with E-state index in [9.17, 15) is 4.79 Å². The zero-order valence-electron chi connectivity index (χ0n) is 11.0. The number of para-hydroxylation sites is 1. The van der Waals surface area contributed by atoms with E-state index in [0.29, 0.717) is 5.92 Å². The normalized spacial score (nSPS) is 14.9. The molecule has 0 fully saturated rings. The molecule has 0 unspecified atom stereocenters. The largest absolute Gasteiger partial charge is 0.312 e. The van der Waals surface area contributed by atoms with Crippen molar-refractivity contribution in [3.63, 3.8) is 0 Å². The number of hydrogen-bond acceptors (Lipinski definition) is 1. The van der Waals surface area contributed by atoms with Gasteiger partial charge in [-0.1, -0.05) is 32.0 Å². The average molecular weight is 231 g/mol. The van der Waals surface area contributed by atoms with Crippen LogP contribution in [0, 0.1) is 5.92 Å². The van der Waals surface area contributed by atoms with Gasteiger partial charge in [0, 0.05) is 19.2 Å². The summed E-state index contributed by atoms with van der Waals surface area (Å²) in [5.74, 6) is 0.791. The first-order chi connectivity index (χ1) is 8.09. The average Bonchev–Trinajstić information content (AvgIpc) is 2.27. The predicted molar refractivity (Wildman–Crippen MR) is 71.3 cm³/mol. The molecule has 1 heterocycles. The van der Waals surface area contributed by atoms with Crippen LogP contribution in [0.3, 0.4) is 0 Å². The number of rotatable bonds is 2. The van der Waals surface area contributed by atoms with E-state index in [2.05, 4.69) is 32.0 Å². The second kappa shape index (κ2) is 4.91. The summed E-state index contributed by atoms with van der Waals surface area (Å²) in [6, 6.07) is 6.45. The number of carbonyl (C=O) groups excluding carboxylic acids is 1. The minimum Gasteiger partial charge on any atom is -0.312 e. The highest BCUT2D eigenvalue weighted by Gasteiger charge is 2.22. The molecule has 0 spiro atoms. The summed E-state index contributed by atoms with van der Waals surface area (Å²) in [5, 5.41) is 0. The van der Waals surface area contributed by atoms with E-state index >= 15 is 0 Å². The van der Waals surface area contributed by atoms with Gasteiger partial charge < -0.3 is 4.90 Å². The maximum absolute atomic E-state index is 11.7. The van der Waals surface area contributed by atoms with Gasteiger partial charge in [0.15, 0.2) is 0 Å². The maximum Gasteiger partial charge on any atom is 0.223 e. The summed E-state index contributed by atoms with van der Waals surface area (Å²) in [7, 11) is 0. The Labute approximate surface area is 104 Å². The van der Waals surface area contributed by atoms with Crippen molar-refractivity contribution in [2.45, 2.75) is 40.0 Å². The quantitative estimate of drug-likeness (QED) is 0.765. The molecular weight excluding hydrogens is 210 g/mol. The molecule has 1 aliphatic heterocycles. The van der Waals surface area contributed by atoms with Crippen LogP contribution in [0.4, 0.5) is 5.69 Å². The molecule has 2 heteroatoms. The number of fused-ring (bicyclic) bond motifs is 1. The third-order valence-electron chi connectivity index (χ3n) is 3.31. The first kappa shape index (κ1) is 12.2. The van der Waals surface area contributed by atoms with Crippen LogP contribution >= 0.6 is 0 Å². The van der Waals surface area contributed by atoms with Gasteiger partial charge in [-0.2, -0.15) is 0 Å². The van der Waals surface area contributed by atoms with Gasteiger partial charge in [-0.3, -0.25) is 4.79 Å². The molecule has 0 N–H and O–H groups in total. The molecule has 0 aromatic heterocycles. The second-order valence-electron chi connectivity index (χ2n) is 5.30. The molecule has 0 bridgehead atoms. The summed E-state index contributed by atoms with van der Waals surface area (Å²) in [6.07, 6.45) is 3.23. The number of aryl methyl sites for hydroxylation is 1. The van der Waals surface area contributed by atoms with Gasteiger partial charge in [0.25, 0.3) is 0 Å². The van der Waals surface area contributed by atoms with Gasteiger partial charge in [0.2, 0.25) is 5.91 Å². The van der Waals surface area contributed by atoms with Gasteiger partial charge in [0.1, 0.15) is 0 Å². The molecule has 0 saturated heterocycles. The topological polar surface area (TPSA) is 20.3 Å². The highest BCUT2D eigenvalue weighted by molar-refractivity contribution is 5.93. The van der Waals surface area contributed by atoms with E-state index < -0.39 is 0 Å². The Bertz CT molecular complexity index is 423. The lowest BCUT2D eigenvalue weighted by molar-refractivity contribution is -0.116. The fourth-order valence-corrected chi connectivity index (χ4v) is 2.65. The van der Waals surface area contributed by atoms with Gasteiger partial charge in [-0.15, -0.1) is 0 Å². The van der Waals surface area contributed by atoms with Crippen molar-refractivity contribution >= 4 is 11.6 Å². The van der Waals surface area contributed by atoms with Crippen LogP contribution < -0.4 is 4.90 Å². The van der Waals surface area contributed by atoms with Crippen LogP contribution in [-0.4, -0.2) is 12.5 Å². The third-order valence-corrected chi connectivity index (χ3v) is 3.31. The van der Waals surface area contributed by atoms with Crippen molar-refractivity contribution in [2.24, 2.45) is 5.92 Å². The van der Waals surface area contributed by atoms with E-state index in [1.165, 1.54) is 16.8 Å². The first-order valence-electron chi connectivity index (χ1n) is 6.48. The summed E-state index contributed by atoms with van der Waals surface area (Å²) in [5.41, 5.74) is 3.86. The molecule has 2 nitrogen and oxygen atoms in total. The van der Waals surface area contributed by atoms with Crippen LogP contribution in [0.2, 0.25) is 0 Å². The predicted octanol–water partition coefficient (Wildman–Crippen LogP) is 3.18. The molecule has 2 rings (SSSR count). The molecule has 17 heavy (non-hydrogen) atoms. The molecular formula is C15H21NO. The zero-order valence-corrected chi connectivity index (χ0v) is 11.0. The van der Waals surface area contributed by atoms with E-state index in [0.717, 1.165) is 25.8 Å². The summed E-state index contributed by atoms with van der Waals surface area (Å²) >= 11 is 0. The van der Waals surface area contributed by atoms with E-state index in [1.807, 2.05) is 4.90 Å². The lowest BCUT2D eigenvalue weighted by atomic mass is 9.93. The smallest absolute Gasteiger partial charge is 0.223 e. The molecule has 1 amide bonds.